The molecule has 0 heterocycles. The van der Waals surface area contributed by atoms with Crippen molar-refractivity contribution in [1.82, 2.24) is 0 Å². The Labute approximate surface area is 91.9 Å². The van der Waals surface area contributed by atoms with Crippen molar-refractivity contribution < 1.29 is 4.74 Å². The van der Waals surface area contributed by atoms with E-state index in [1.165, 1.54) is 5.56 Å². The maximum atomic E-state index is 5.73. The summed E-state index contributed by atoms with van der Waals surface area (Å²) in [5.41, 5.74) is 1.28. The summed E-state index contributed by atoms with van der Waals surface area (Å²) in [5, 5.41) is 0. The second-order valence-corrected chi connectivity index (χ2v) is 3.93. The molecule has 0 aliphatic carbocycles. The van der Waals surface area contributed by atoms with Crippen LogP contribution in [0.1, 0.15) is 19.4 Å². The minimum Gasteiger partial charge on any atom is -0.493 e. The molecule has 0 spiro atoms. The van der Waals surface area contributed by atoms with Crippen LogP contribution >= 0.6 is 12.6 Å². The van der Waals surface area contributed by atoms with Gasteiger partial charge in [-0.3, -0.25) is 0 Å². The smallest absolute Gasteiger partial charge is 0.122 e. The fraction of sp³-hybridized carbons (Fsp3) is 0.500. The van der Waals surface area contributed by atoms with E-state index in [1.807, 2.05) is 18.2 Å². The minimum absolute atomic E-state index is 0.503. The number of benzene rings is 1. The summed E-state index contributed by atoms with van der Waals surface area (Å²) in [6.45, 7) is 5.03. The maximum Gasteiger partial charge on any atom is 0.122 e. The molecule has 0 fully saturated rings. The first-order valence-corrected chi connectivity index (χ1v) is 5.72. The van der Waals surface area contributed by atoms with Crippen molar-refractivity contribution in [3.05, 3.63) is 29.8 Å². The molecule has 1 aromatic carbocycles. The van der Waals surface area contributed by atoms with Gasteiger partial charge in [-0.1, -0.05) is 32.0 Å². The molecule has 0 amide bonds. The van der Waals surface area contributed by atoms with Crippen molar-refractivity contribution in [1.29, 1.82) is 0 Å². The van der Waals surface area contributed by atoms with Crippen LogP contribution in [-0.2, 0) is 6.42 Å². The van der Waals surface area contributed by atoms with Crippen LogP contribution in [0.25, 0.3) is 0 Å². The molecule has 2 heteroatoms. The Morgan fingerprint density at radius 1 is 1.36 bits per heavy atom. The van der Waals surface area contributed by atoms with E-state index in [2.05, 4.69) is 32.5 Å². The predicted molar refractivity (Wildman–Crippen MR) is 64.3 cm³/mol. The van der Waals surface area contributed by atoms with E-state index in [9.17, 15) is 0 Å². The number of hydrogen-bond donors (Lipinski definition) is 1. The molecule has 1 rings (SSSR count). The first kappa shape index (κ1) is 11.4. The molecule has 0 aliphatic heterocycles. The van der Waals surface area contributed by atoms with Gasteiger partial charge in [-0.25, -0.2) is 0 Å². The fourth-order valence-corrected chi connectivity index (χ4v) is 1.33. The van der Waals surface area contributed by atoms with E-state index in [0.717, 1.165) is 24.5 Å². The highest BCUT2D eigenvalue weighted by Crippen LogP contribution is 2.18. The van der Waals surface area contributed by atoms with Gasteiger partial charge in [-0.2, -0.15) is 12.6 Å². The van der Waals surface area contributed by atoms with E-state index in [4.69, 9.17) is 4.74 Å². The highest BCUT2D eigenvalue weighted by molar-refractivity contribution is 7.80. The van der Waals surface area contributed by atoms with Gasteiger partial charge in [0.05, 0.1) is 6.61 Å². The topological polar surface area (TPSA) is 9.23 Å². The molecule has 1 unspecified atom stereocenters. The van der Waals surface area contributed by atoms with Crippen LogP contribution in [0.2, 0.25) is 0 Å². The predicted octanol–water partition coefficient (Wildman–Crippen LogP) is 3.19. The zero-order valence-electron chi connectivity index (χ0n) is 8.86. The number of thiol groups is 1. The van der Waals surface area contributed by atoms with Crippen LogP contribution in [0.5, 0.6) is 5.75 Å². The van der Waals surface area contributed by atoms with Gasteiger partial charge in [0.1, 0.15) is 5.75 Å². The van der Waals surface area contributed by atoms with Gasteiger partial charge in [0.2, 0.25) is 0 Å². The van der Waals surface area contributed by atoms with Crippen molar-refractivity contribution in [3.8, 4) is 5.75 Å². The van der Waals surface area contributed by atoms with Crippen LogP contribution < -0.4 is 4.74 Å². The van der Waals surface area contributed by atoms with E-state index in [-0.39, 0.29) is 0 Å². The van der Waals surface area contributed by atoms with Crippen LogP contribution in [0.3, 0.4) is 0 Å². The van der Waals surface area contributed by atoms with Gasteiger partial charge in [0.15, 0.2) is 0 Å². The molecule has 0 aliphatic rings. The molecule has 0 radical (unpaired) electrons. The average Bonchev–Trinajstić information content (AvgIpc) is 2.26. The van der Waals surface area contributed by atoms with E-state index >= 15 is 0 Å². The molecule has 1 nitrogen and oxygen atoms in total. The number of aryl methyl sites for hydroxylation is 1. The summed E-state index contributed by atoms with van der Waals surface area (Å²) < 4.78 is 5.73. The second-order valence-electron chi connectivity index (χ2n) is 3.56. The highest BCUT2D eigenvalue weighted by atomic mass is 32.1. The van der Waals surface area contributed by atoms with Gasteiger partial charge < -0.3 is 4.74 Å². The van der Waals surface area contributed by atoms with Gasteiger partial charge in [-0.15, -0.1) is 0 Å². The second kappa shape index (κ2) is 5.97. The third kappa shape index (κ3) is 3.26. The van der Waals surface area contributed by atoms with Crippen LogP contribution in [0.15, 0.2) is 24.3 Å². The number of hydrogen-bond acceptors (Lipinski definition) is 2. The normalized spacial score (nSPS) is 12.5. The summed E-state index contributed by atoms with van der Waals surface area (Å²) in [6, 6.07) is 8.21. The molecule has 0 aromatic heterocycles. The summed E-state index contributed by atoms with van der Waals surface area (Å²) in [4.78, 5) is 0. The van der Waals surface area contributed by atoms with Crippen LogP contribution in [-0.4, -0.2) is 12.4 Å². The monoisotopic (exact) mass is 210 g/mol. The standard InChI is InChI=1S/C12H18OS/c1-3-11-6-4-5-7-12(11)13-8-10(2)9-14/h4-7,10,14H,3,8-9H2,1-2H3. The lowest BCUT2D eigenvalue weighted by Gasteiger charge is -2.13. The molecule has 1 aromatic rings. The van der Waals surface area contributed by atoms with E-state index in [0.29, 0.717) is 5.92 Å². The molecule has 78 valence electrons. The van der Waals surface area contributed by atoms with Crippen LogP contribution in [0, 0.1) is 5.92 Å². The Bertz CT molecular complexity index is 273. The highest BCUT2D eigenvalue weighted by Gasteiger charge is 2.03. The van der Waals surface area contributed by atoms with Crippen molar-refractivity contribution in [3.63, 3.8) is 0 Å². The van der Waals surface area contributed by atoms with Crippen molar-refractivity contribution >= 4 is 12.6 Å². The third-order valence-corrected chi connectivity index (χ3v) is 2.81. The zero-order valence-corrected chi connectivity index (χ0v) is 9.76. The molecule has 14 heavy (non-hydrogen) atoms. The zero-order chi connectivity index (χ0) is 10.4. The molecular weight excluding hydrogens is 192 g/mol. The Kier molecular flexibility index (Phi) is 4.88. The lowest BCUT2D eigenvalue weighted by atomic mass is 10.1. The average molecular weight is 210 g/mol. The Morgan fingerprint density at radius 3 is 2.71 bits per heavy atom. The third-order valence-electron chi connectivity index (χ3n) is 2.19. The summed E-state index contributed by atoms with van der Waals surface area (Å²) in [7, 11) is 0. The van der Waals surface area contributed by atoms with E-state index < -0.39 is 0 Å². The minimum atomic E-state index is 0.503. The molecule has 0 saturated heterocycles. The quantitative estimate of drug-likeness (QED) is 0.734. The maximum absolute atomic E-state index is 5.73. The molecule has 1 atom stereocenters. The summed E-state index contributed by atoms with van der Waals surface area (Å²) in [6.07, 6.45) is 1.02. The molecule has 0 N–H and O–H groups in total. The van der Waals surface area contributed by atoms with Gasteiger partial charge in [-0.05, 0) is 29.7 Å². The lowest BCUT2D eigenvalue weighted by Crippen LogP contribution is -2.10. The number of ether oxygens (including phenoxy) is 1. The largest absolute Gasteiger partial charge is 0.493 e. The van der Waals surface area contributed by atoms with Crippen LogP contribution in [0.4, 0.5) is 0 Å². The van der Waals surface area contributed by atoms with Crippen molar-refractivity contribution in [2.75, 3.05) is 12.4 Å². The van der Waals surface area contributed by atoms with Gasteiger partial charge >= 0.3 is 0 Å². The van der Waals surface area contributed by atoms with Crippen molar-refractivity contribution in [2.24, 2.45) is 5.92 Å². The lowest BCUT2D eigenvalue weighted by molar-refractivity contribution is 0.271. The van der Waals surface area contributed by atoms with Crippen molar-refractivity contribution in [2.45, 2.75) is 20.3 Å². The SMILES string of the molecule is CCc1ccccc1OCC(C)CS. The number of para-hydroxylation sites is 1. The summed E-state index contributed by atoms with van der Waals surface area (Å²) in [5.74, 6) is 2.39. The summed E-state index contributed by atoms with van der Waals surface area (Å²) >= 11 is 4.23. The molecule has 0 bridgehead atoms. The fourth-order valence-electron chi connectivity index (χ4n) is 1.22. The Hall–Kier alpha value is -0.630. The number of rotatable bonds is 5. The molecular formula is C12H18OS. The Balaban J connectivity index is 2.57. The first-order valence-electron chi connectivity index (χ1n) is 5.09. The van der Waals surface area contributed by atoms with Gasteiger partial charge in [0, 0.05) is 0 Å². The Morgan fingerprint density at radius 2 is 2.07 bits per heavy atom. The van der Waals surface area contributed by atoms with E-state index in [1.54, 1.807) is 0 Å². The first-order chi connectivity index (χ1) is 6.77. The molecule has 0 saturated carbocycles. The van der Waals surface area contributed by atoms with Gasteiger partial charge in [0.25, 0.3) is 0 Å².